The molecule has 1 unspecified atom stereocenters. The summed E-state index contributed by atoms with van der Waals surface area (Å²) in [5.41, 5.74) is 3.05. The predicted molar refractivity (Wildman–Crippen MR) is 102 cm³/mol. The molecule has 138 valence electrons. The smallest absolute Gasteiger partial charge is 0.261 e. The van der Waals surface area contributed by atoms with Gasteiger partial charge in [0.15, 0.2) is 6.61 Å². The van der Waals surface area contributed by atoms with Gasteiger partial charge in [0.25, 0.3) is 5.91 Å². The van der Waals surface area contributed by atoms with Crippen LogP contribution in [0.15, 0.2) is 48.5 Å². The van der Waals surface area contributed by atoms with E-state index >= 15 is 0 Å². The van der Waals surface area contributed by atoms with Gasteiger partial charge in [0.2, 0.25) is 5.91 Å². The minimum absolute atomic E-state index is 0.113. The van der Waals surface area contributed by atoms with Crippen LogP contribution in [-0.4, -0.2) is 36.4 Å². The monoisotopic (exact) mass is 354 g/mol. The molecule has 0 spiro atoms. The highest BCUT2D eigenvalue weighted by atomic mass is 16.5. The Morgan fingerprint density at radius 2 is 1.65 bits per heavy atom. The van der Waals surface area contributed by atoms with Crippen LogP contribution in [-0.2, 0) is 16.1 Å². The second kappa shape index (κ2) is 9.04. The molecule has 0 fully saturated rings. The fraction of sp³-hybridized carbons (Fsp3) is 0.333. The van der Waals surface area contributed by atoms with E-state index in [-0.39, 0.29) is 18.4 Å². The van der Waals surface area contributed by atoms with Crippen LogP contribution in [0.5, 0.6) is 5.75 Å². The highest BCUT2D eigenvalue weighted by molar-refractivity contribution is 5.87. The molecule has 2 aromatic rings. The summed E-state index contributed by atoms with van der Waals surface area (Å²) in [5, 5.41) is 2.61. The standard InChI is InChI=1S/C21H26N2O3/c1-15-9-5-7-11-18(15)13-23(17(3)21(25)22-4)20(24)14-26-19-12-8-6-10-16(19)2/h5-12,17H,13-14H2,1-4H3,(H,22,25). The minimum atomic E-state index is -0.590. The fourth-order valence-electron chi connectivity index (χ4n) is 2.70. The number of likely N-dealkylation sites (N-methyl/N-ethyl adjacent to an activating group) is 1. The molecule has 0 aliphatic carbocycles. The first kappa shape index (κ1) is 19.5. The number of para-hydroxylation sites is 1. The lowest BCUT2D eigenvalue weighted by molar-refractivity contribution is -0.142. The molecule has 0 aromatic heterocycles. The number of rotatable bonds is 7. The van der Waals surface area contributed by atoms with Crippen molar-refractivity contribution < 1.29 is 14.3 Å². The molecule has 0 saturated heterocycles. The summed E-state index contributed by atoms with van der Waals surface area (Å²) >= 11 is 0. The SMILES string of the molecule is CNC(=O)C(C)N(Cc1ccccc1C)C(=O)COc1ccccc1C. The molecule has 2 rings (SSSR count). The van der Waals surface area contributed by atoms with Crippen molar-refractivity contribution in [3.05, 3.63) is 65.2 Å². The Morgan fingerprint density at radius 3 is 2.27 bits per heavy atom. The van der Waals surface area contributed by atoms with Crippen LogP contribution >= 0.6 is 0 Å². The molecule has 26 heavy (non-hydrogen) atoms. The summed E-state index contributed by atoms with van der Waals surface area (Å²) < 4.78 is 5.69. The van der Waals surface area contributed by atoms with Gasteiger partial charge in [-0.25, -0.2) is 0 Å². The summed E-state index contributed by atoms with van der Waals surface area (Å²) in [6, 6.07) is 14.8. The number of hydrogen-bond acceptors (Lipinski definition) is 3. The van der Waals surface area contributed by atoms with Crippen molar-refractivity contribution >= 4 is 11.8 Å². The summed E-state index contributed by atoms with van der Waals surface area (Å²) in [7, 11) is 1.57. The number of amides is 2. The van der Waals surface area contributed by atoms with Gasteiger partial charge in [-0.05, 0) is 43.5 Å². The Morgan fingerprint density at radius 1 is 1.04 bits per heavy atom. The van der Waals surface area contributed by atoms with Crippen LogP contribution in [0, 0.1) is 13.8 Å². The van der Waals surface area contributed by atoms with E-state index in [9.17, 15) is 9.59 Å². The van der Waals surface area contributed by atoms with E-state index in [0.29, 0.717) is 12.3 Å². The van der Waals surface area contributed by atoms with E-state index in [2.05, 4.69) is 5.32 Å². The molecular formula is C21H26N2O3. The Kier molecular flexibility index (Phi) is 6.78. The van der Waals surface area contributed by atoms with Crippen LogP contribution in [0.1, 0.15) is 23.6 Å². The van der Waals surface area contributed by atoms with Crippen LogP contribution in [0.25, 0.3) is 0 Å². The maximum absolute atomic E-state index is 12.8. The molecule has 2 aromatic carbocycles. The zero-order chi connectivity index (χ0) is 19.1. The largest absolute Gasteiger partial charge is 0.484 e. The predicted octanol–water partition coefficient (Wildman–Crippen LogP) is 2.85. The van der Waals surface area contributed by atoms with E-state index in [0.717, 1.165) is 16.7 Å². The van der Waals surface area contributed by atoms with Gasteiger partial charge in [-0.15, -0.1) is 0 Å². The maximum Gasteiger partial charge on any atom is 0.261 e. The first-order valence-corrected chi connectivity index (χ1v) is 8.68. The molecule has 0 bridgehead atoms. The minimum Gasteiger partial charge on any atom is -0.484 e. The van der Waals surface area contributed by atoms with E-state index in [1.165, 1.54) is 0 Å². The summed E-state index contributed by atoms with van der Waals surface area (Å²) in [6.45, 7) is 5.89. The van der Waals surface area contributed by atoms with E-state index < -0.39 is 6.04 Å². The molecule has 0 heterocycles. The third-order valence-electron chi connectivity index (χ3n) is 4.46. The van der Waals surface area contributed by atoms with Gasteiger partial charge < -0.3 is 15.0 Å². The molecule has 2 amide bonds. The zero-order valence-corrected chi connectivity index (χ0v) is 15.8. The van der Waals surface area contributed by atoms with E-state index in [1.54, 1.807) is 18.9 Å². The van der Waals surface area contributed by atoms with Gasteiger partial charge in [-0.3, -0.25) is 9.59 Å². The quantitative estimate of drug-likeness (QED) is 0.832. The second-order valence-electron chi connectivity index (χ2n) is 6.29. The fourth-order valence-corrected chi connectivity index (χ4v) is 2.70. The number of carbonyl (C=O) groups is 2. The summed E-state index contributed by atoms with van der Waals surface area (Å²) in [4.78, 5) is 26.5. The topological polar surface area (TPSA) is 58.6 Å². The Labute approximate surface area is 155 Å². The number of ether oxygens (including phenoxy) is 1. The number of nitrogens with one attached hydrogen (secondary N) is 1. The Bertz CT molecular complexity index is 773. The van der Waals surface area contributed by atoms with Crippen molar-refractivity contribution in [2.45, 2.75) is 33.4 Å². The Hall–Kier alpha value is -2.82. The van der Waals surface area contributed by atoms with Gasteiger partial charge in [-0.2, -0.15) is 0 Å². The highest BCUT2D eigenvalue weighted by Gasteiger charge is 2.26. The lowest BCUT2D eigenvalue weighted by Gasteiger charge is -2.29. The van der Waals surface area contributed by atoms with Crippen molar-refractivity contribution in [1.82, 2.24) is 10.2 Å². The highest BCUT2D eigenvalue weighted by Crippen LogP contribution is 2.17. The first-order chi connectivity index (χ1) is 12.4. The molecule has 0 aliphatic rings. The lowest BCUT2D eigenvalue weighted by Crippen LogP contribution is -2.48. The number of carbonyl (C=O) groups excluding carboxylic acids is 2. The van der Waals surface area contributed by atoms with Gasteiger partial charge >= 0.3 is 0 Å². The molecule has 0 saturated carbocycles. The summed E-state index contributed by atoms with van der Waals surface area (Å²) in [5.74, 6) is 0.236. The third-order valence-corrected chi connectivity index (χ3v) is 4.46. The molecular weight excluding hydrogens is 328 g/mol. The molecule has 5 nitrogen and oxygen atoms in total. The number of benzene rings is 2. The van der Waals surface area contributed by atoms with Crippen LogP contribution in [0.2, 0.25) is 0 Å². The van der Waals surface area contributed by atoms with Crippen molar-refractivity contribution in [2.75, 3.05) is 13.7 Å². The second-order valence-corrected chi connectivity index (χ2v) is 6.29. The third kappa shape index (κ3) is 4.85. The molecule has 0 aliphatic heterocycles. The molecule has 1 N–H and O–H groups in total. The maximum atomic E-state index is 12.8. The number of hydrogen-bond donors (Lipinski definition) is 1. The number of aryl methyl sites for hydroxylation is 2. The summed E-state index contributed by atoms with van der Waals surface area (Å²) in [6.07, 6.45) is 0. The van der Waals surface area contributed by atoms with E-state index in [1.807, 2.05) is 62.4 Å². The molecule has 0 radical (unpaired) electrons. The van der Waals surface area contributed by atoms with Crippen LogP contribution in [0.3, 0.4) is 0 Å². The normalized spacial score (nSPS) is 11.5. The van der Waals surface area contributed by atoms with Crippen LogP contribution < -0.4 is 10.1 Å². The Balaban J connectivity index is 2.17. The molecule has 1 atom stereocenters. The van der Waals surface area contributed by atoms with Crippen molar-refractivity contribution in [1.29, 1.82) is 0 Å². The molecule has 5 heteroatoms. The van der Waals surface area contributed by atoms with Gasteiger partial charge in [0.1, 0.15) is 11.8 Å². The van der Waals surface area contributed by atoms with Gasteiger partial charge in [0, 0.05) is 13.6 Å². The van der Waals surface area contributed by atoms with E-state index in [4.69, 9.17) is 4.74 Å². The van der Waals surface area contributed by atoms with Gasteiger partial charge in [0.05, 0.1) is 0 Å². The average molecular weight is 354 g/mol. The average Bonchev–Trinajstić information content (AvgIpc) is 2.65. The van der Waals surface area contributed by atoms with Crippen molar-refractivity contribution in [3.8, 4) is 5.75 Å². The lowest BCUT2D eigenvalue weighted by atomic mass is 10.1. The number of nitrogens with zero attached hydrogens (tertiary/aromatic N) is 1. The van der Waals surface area contributed by atoms with Crippen molar-refractivity contribution in [3.63, 3.8) is 0 Å². The zero-order valence-electron chi connectivity index (χ0n) is 15.8. The first-order valence-electron chi connectivity index (χ1n) is 8.68. The van der Waals surface area contributed by atoms with Gasteiger partial charge in [-0.1, -0.05) is 42.5 Å². The van der Waals surface area contributed by atoms with Crippen LogP contribution in [0.4, 0.5) is 0 Å². The van der Waals surface area contributed by atoms with Crippen molar-refractivity contribution in [2.24, 2.45) is 0 Å².